The molecular formula is C29H37BrFN3O2Si. The average Bonchev–Trinajstić information content (AvgIpc) is 3.27. The van der Waals surface area contributed by atoms with Crippen LogP contribution in [0.5, 0.6) is 0 Å². The Morgan fingerprint density at radius 3 is 2.43 bits per heavy atom. The fraction of sp³-hybridized carbons (Fsp3) is 0.517. The lowest BCUT2D eigenvalue weighted by Crippen LogP contribution is -2.51. The molecule has 0 aliphatic carbocycles. The molecule has 3 aromatic rings. The average molecular weight is 587 g/mol. The highest BCUT2D eigenvalue weighted by molar-refractivity contribution is 9.10. The molecule has 37 heavy (non-hydrogen) atoms. The molecule has 2 aromatic heterocycles. The van der Waals surface area contributed by atoms with Gasteiger partial charge in [0.2, 0.25) is 0 Å². The third-order valence-electron chi connectivity index (χ3n) is 8.00. The van der Waals surface area contributed by atoms with Gasteiger partial charge in [0.1, 0.15) is 23.7 Å². The minimum absolute atomic E-state index is 0.265. The highest BCUT2D eigenvalue weighted by atomic mass is 79.9. The Balaban J connectivity index is 1.91. The molecule has 1 saturated heterocycles. The summed E-state index contributed by atoms with van der Waals surface area (Å²) < 4.78 is 31.7. The number of nitrogens with zero attached hydrogens (tertiary/aromatic N) is 3. The zero-order chi connectivity index (χ0) is 26.9. The summed E-state index contributed by atoms with van der Waals surface area (Å²) in [5, 5.41) is 10.4. The molecule has 2 atom stereocenters. The van der Waals surface area contributed by atoms with E-state index in [4.69, 9.17) is 9.47 Å². The number of pyridine rings is 1. The number of ether oxygens (including phenoxy) is 2. The van der Waals surface area contributed by atoms with Gasteiger partial charge in [-0.1, -0.05) is 41.5 Å². The Morgan fingerprint density at radius 2 is 1.84 bits per heavy atom. The predicted octanol–water partition coefficient (Wildman–Crippen LogP) is 8.47. The maximum absolute atomic E-state index is 16.3. The summed E-state index contributed by atoms with van der Waals surface area (Å²) in [6.45, 7) is 14.5. The van der Waals surface area contributed by atoms with E-state index in [0.29, 0.717) is 38.8 Å². The summed E-state index contributed by atoms with van der Waals surface area (Å²) in [6, 6.07) is 9.31. The molecule has 0 radical (unpaired) electrons. The van der Waals surface area contributed by atoms with Crippen LogP contribution in [0.4, 0.5) is 4.39 Å². The SMILES string of the molecule is CC(C)[Si](C(C)C)(C(C)C)n1ccc2c(Br)c(C(OC3CCCCO3)c3ccnc(C#N)c3)c(F)cc21. The second-order valence-electron chi connectivity index (χ2n) is 11.0. The van der Waals surface area contributed by atoms with Crippen LogP contribution < -0.4 is 0 Å². The lowest BCUT2D eigenvalue weighted by molar-refractivity contribution is -0.182. The van der Waals surface area contributed by atoms with E-state index in [1.807, 2.05) is 0 Å². The maximum atomic E-state index is 16.3. The lowest BCUT2D eigenvalue weighted by Gasteiger charge is -2.44. The standard InChI is InChI=1S/C29H37BrFN3O2Si/c1-18(2)37(19(3)4,20(5)6)34-13-11-23-25(34)16-24(31)27(28(23)30)29(36-26-9-7-8-14-35-26)21-10-12-33-22(15-21)17-32/h10-13,15-16,18-20,26,29H,7-9,14H2,1-6H3. The molecule has 0 bridgehead atoms. The number of hydrogen-bond donors (Lipinski definition) is 0. The maximum Gasteiger partial charge on any atom is 0.169 e. The zero-order valence-electron chi connectivity index (χ0n) is 22.6. The van der Waals surface area contributed by atoms with Crippen LogP contribution in [0.1, 0.15) is 83.7 Å². The number of benzene rings is 1. The second-order valence-corrected chi connectivity index (χ2v) is 17.5. The van der Waals surface area contributed by atoms with E-state index >= 15 is 4.39 Å². The molecule has 4 rings (SSSR count). The largest absolute Gasteiger partial charge is 0.373 e. The normalized spacial score (nSPS) is 17.6. The summed E-state index contributed by atoms with van der Waals surface area (Å²) in [5.41, 5.74) is 3.70. The van der Waals surface area contributed by atoms with Crippen molar-refractivity contribution in [1.82, 2.24) is 9.22 Å². The van der Waals surface area contributed by atoms with Crippen molar-refractivity contribution in [3.05, 3.63) is 63.8 Å². The molecule has 8 heteroatoms. The Bertz CT molecular complexity index is 1270. The van der Waals surface area contributed by atoms with Crippen molar-refractivity contribution in [2.24, 2.45) is 0 Å². The second kappa shape index (κ2) is 11.4. The first-order chi connectivity index (χ1) is 17.6. The summed E-state index contributed by atoms with van der Waals surface area (Å²) in [7, 11) is -2.08. The van der Waals surface area contributed by atoms with Crippen molar-refractivity contribution in [3.8, 4) is 6.07 Å². The third kappa shape index (κ3) is 5.04. The van der Waals surface area contributed by atoms with Gasteiger partial charge >= 0.3 is 0 Å². The Morgan fingerprint density at radius 1 is 1.14 bits per heavy atom. The third-order valence-corrected chi connectivity index (χ3v) is 15.6. The molecule has 0 N–H and O–H groups in total. The number of hydrogen-bond acceptors (Lipinski definition) is 4. The van der Waals surface area contributed by atoms with Gasteiger partial charge in [-0.2, -0.15) is 5.26 Å². The Labute approximate surface area is 229 Å². The number of halogens is 2. The number of nitriles is 1. The van der Waals surface area contributed by atoms with Crippen LogP contribution in [0.2, 0.25) is 16.6 Å². The molecule has 0 saturated carbocycles. The zero-order valence-corrected chi connectivity index (χ0v) is 25.2. The molecule has 5 nitrogen and oxygen atoms in total. The van der Waals surface area contributed by atoms with Gasteiger partial charge in [0, 0.05) is 33.7 Å². The van der Waals surface area contributed by atoms with E-state index in [-0.39, 0.29) is 11.5 Å². The van der Waals surface area contributed by atoms with Gasteiger partial charge in [0.25, 0.3) is 0 Å². The van der Waals surface area contributed by atoms with Crippen molar-refractivity contribution in [1.29, 1.82) is 5.26 Å². The van der Waals surface area contributed by atoms with Gasteiger partial charge < -0.3 is 13.7 Å². The highest BCUT2D eigenvalue weighted by Crippen LogP contribution is 2.46. The molecule has 1 aliphatic rings. The van der Waals surface area contributed by atoms with E-state index in [2.05, 4.69) is 85.0 Å². The predicted molar refractivity (Wildman–Crippen MR) is 152 cm³/mol. The van der Waals surface area contributed by atoms with Gasteiger partial charge in [0.05, 0.1) is 0 Å². The topological polar surface area (TPSA) is 60.1 Å². The molecule has 1 fully saturated rings. The van der Waals surface area contributed by atoms with Crippen molar-refractivity contribution in [2.75, 3.05) is 6.61 Å². The molecule has 3 heterocycles. The van der Waals surface area contributed by atoms with Crippen molar-refractivity contribution < 1.29 is 13.9 Å². The van der Waals surface area contributed by atoms with Crippen LogP contribution in [-0.2, 0) is 9.47 Å². The molecule has 0 spiro atoms. The smallest absolute Gasteiger partial charge is 0.169 e. The van der Waals surface area contributed by atoms with Gasteiger partial charge in [0.15, 0.2) is 14.5 Å². The number of fused-ring (bicyclic) bond motifs is 1. The van der Waals surface area contributed by atoms with Gasteiger partial charge in [-0.15, -0.1) is 0 Å². The minimum Gasteiger partial charge on any atom is -0.373 e. The first-order valence-electron chi connectivity index (χ1n) is 13.2. The van der Waals surface area contributed by atoms with Crippen LogP contribution >= 0.6 is 15.9 Å². The van der Waals surface area contributed by atoms with Crippen LogP contribution in [-0.4, -0.2) is 30.3 Å². The first kappa shape index (κ1) is 28.0. The van der Waals surface area contributed by atoms with Crippen molar-refractivity contribution in [2.45, 2.75) is 89.8 Å². The van der Waals surface area contributed by atoms with Crippen LogP contribution in [0.3, 0.4) is 0 Å². The Hall–Kier alpha value is -2.05. The van der Waals surface area contributed by atoms with Crippen LogP contribution in [0.15, 0.2) is 41.1 Å². The monoisotopic (exact) mass is 585 g/mol. The van der Waals surface area contributed by atoms with E-state index in [1.54, 1.807) is 24.4 Å². The quantitative estimate of drug-likeness (QED) is 0.249. The first-order valence-corrected chi connectivity index (χ1v) is 16.2. The van der Waals surface area contributed by atoms with E-state index in [9.17, 15) is 5.26 Å². The van der Waals surface area contributed by atoms with E-state index in [1.165, 1.54) is 0 Å². The van der Waals surface area contributed by atoms with Gasteiger partial charge in [-0.25, -0.2) is 9.37 Å². The molecule has 1 aromatic carbocycles. The van der Waals surface area contributed by atoms with Crippen LogP contribution in [0, 0.1) is 17.1 Å². The number of aromatic nitrogens is 2. The van der Waals surface area contributed by atoms with Crippen LogP contribution in [0.25, 0.3) is 10.9 Å². The molecular weight excluding hydrogens is 549 g/mol. The fourth-order valence-corrected chi connectivity index (χ4v) is 13.9. The molecule has 0 amide bonds. The summed E-state index contributed by atoms with van der Waals surface area (Å²) in [6.07, 6.45) is 5.27. The molecule has 1 aliphatic heterocycles. The van der Waals surface area contributed by atoms with Crippen molar-refractivity contribution in [3.63, 3.8) is 0 Å². The molecule has 198 valence electrons. The van der Waals surface area contributed by atoms with E-state index in [0.717, 1.165) is 30.2 Å². The summed E-state index contributed by atoms with van der Waals surface area (Å²) in [5.74, 6) is -0.338. The van der Waals surface area contributed by atoms with E-state index < -0.39 is 20.6 Å². The van der Waals surface area contributed by atoms with Crippen molar-refractivity contribution >= 4 is 35.1 Å². The Kier molecular flexibility index (Phi) is 8.59. The number of rotatable bonds is 8. The minimum atomic E-state index is -2.08. The summed E-state index contributed by atoms with van der Waals surface area (Å²) >= 11 is 3.78. The van der Waals surface area contributed by atoms with Gasteiger partial charge in [-0.05, 0) is 87.8 Å². The van der Waals surface area contributed by atoms with Gasteiger partial charge in [-0.3, -0.25) is 0 Å². The summed E-state index contributed by atoms with van der Waals surface area (Å²) in [4.78, 5) is 4.10. The fourth-order valence-electron chi connectivity index (χ4n) is 6.59. The molecule has 2 unspecified atom stereocenters. The highest BCUT2D eigenvalue weighted by Gasteiger charge is 2.46. The lowest BCUT2D eigenvalue weighted by atomic mass is 9.99.